The van der Waals surface area contributed by atoms with Gasteiger partial charge in [-0.05, 0) is 25.3 Å². The molecule has 0 spiro atoms. The third-order valence-electron chi connectivity index (χ3n) is 3.58. The quantitative estimate of drug-likeness (QED) is 0.830. The first kappa shape index (κ1) is 11.3. The standard InChI is InChI=1S/C12H19N3O/c1-15-10(6-9-14-15)4-5-11(16)12(13)7-2-3-8-12/h6,9H,2-5,7-8,13H2,1H3. The van der Waals surface area contributed by atoms with E-state index in [4.69, 9.17) is 5.73 Å². The fourth-order valence-corrected chi connectivity index (χ4v) is 2.42. The van der Waals surface area contributed by atoms with Gasteiger partial charge in [-0.2, -0.15) is 5.10 Å². The topological polar surface area (TPSA) is 60.9 Å². The molecule has 2 rings (SSSR count). The second-order valence-corrected chi connectivity index (χ2v) is 4.73. The average Bonchev–Trinajstić information content (AvgIpc) is 2.85. The minimum Gasteiger partial charge on any atom is -0.319 e. The van der Waals surface area contributed by atoms with Gasteiger partial charge in [-0.25, -0.2) is 0 Å². The first-order valence-corrected chi connectivity index (χ1v) is 5.91. The number of ketones is 1. The molecular weight excluding hydrogens is 202 g/mol. The molecule has 4 heteroatoms. The Morgan fingerprint density at radius 2 is 2.25 bits per heavy atom. The summed E-state index contributed by atoms with van der Waals surface area (Å²) < 4.78 is 1.81. The van der Waals surface area contributed by atoms with Gasteiger partial charge in [0.15, 0.2) is 5.78 Å². The lowest BCUT2D eigenvalue weighted by Crippen LogP contribution is -2.45. The molecule has 0 aromatic carbocycles. The lowest BCUT2D eigenvalue weighted by Gasteiger charge is -2.21. The SMILES string of the molecule is Cn1nccc1CCC(=O)C1(N)CCCC1. The van der Waals surface area contributed by atoms with Crippen molar-refractivity contribution in [2.45, 2.75) is 44.1 Å². The third-order valence-corrected chi connectivity index (χ3v) is 3.58. The fraction of sp³-hybridized carbons (Fsp3) is 0.667. The van der Waals surface area contributed by atoms with Crippen LogP contribution in [0.1, 0.15) is 37.8 Å². The molecule has 0 radical (unpaired) electrons. The van der Waals surface area contributed by atoms with E-state index >= 15 is 0 Å². The summed E-state index contributed by atoms with van der Waals surface area (Å²) in [5.41, 5.74) is 6.67. The molecule has 0 bridgehead atoms. The van der Waals surface area contributed by atoms with Gasteiger partial charge < -0.3 is 5.73 Å². The monoisotopic (exact) mass is 221 g/mol. The van der Waals surface area contributed by atoms with Crippen molar-refractivity contribution >= 4 is 5.78 Å². The zero-order valence-corrected chi connectivity index (χ0v) is 9.78. The van der Waals surface area contributed by atoms with Gasteiger partial charge >= 0.3 is 0 Å². The van der Waals surface area contributed by atoms with Gasteiger partial charge in [-0.3, -0.25) is 9.48 Å². The van der Waals surface area contributed by atoms with Crippen molar-refractivity contribution < 1.29 is 4.79 Å². The Morgan fingerprint density at radius 1 is 1.56 bits per heavy atom. The molecule has 1 heterocycles. The molecular formula is C12H19N3O. The summed E-state index contributed by atoms with van der Waals surface area (Å²) >= 11 is 0. The van der Waals surface area contributed by atoms with E-state index in [-0.39, 0.29) is 5.78 Å². The minimum absolute atomic E-state index is 0.214. The maximum Gasteiger partial charge on any atom is 0.153 e. The first-order chi connectivity index (χ1) is 7.62. The lowest BCUT2D eigenvalue weighted by atomic mass is 9.90. The molecule has 1 aromatic rings. The zero-order chi connectivity index (χ0) is 11.6. The van der Waals surface area contributed by atoms with Crippen molar-refractivity contribution in [3.63, 3.8) is 0 Å². The molecule has 0 saturated heterocycles. The molecule has 4 nitrogen and oxygen atoms in total. The second-order valence-electron chi connectivity index (χ2n) is 4.73. The summed E-state index contributed by atoms with van der Waals surface area (Å²) in [6, 6.07) is 1.95. The molecule has 1 saturated carbocycles. The Kier molecular flexibility index (Phi) is 3.10. The van der Waals surface area contributed by atoms with Crippen LogP contribution in [0.4, 0.5) is 0 Å². The summed E-state index contributed by atoms with van der Waals surface area (Å²) in [4.78, 5) is 12.0. The summed E-state index contributed by atoms with van der Waals surface area (Å²) in [7, 11) is 1.90. The van der Waals surface area contributed by atoms with Crippen molar-refractivity contribution in [2.75, 3.05) is 0 Å². The van der Waals surface area contributed by atoms with Crippen LogP contribution in [0.3, 0.4) is 0 Å². The largest absolute Gasteiger partial charge is 0.319 e. The number of Topliss-reactive ketones (excluding diaryl/α,β-unsaturated/α-hetero) is 1. The van der Waals surface area contributed by atoms with E-state index in [1.54, 1.807) is 6.20 Å². The highest BCUT2D eigenvalue weighted by Crippen LogP contribution is 2.29. The predicted molar refractivity (Wildman–Crippen MR) is 61.9 cm³/mol. The third kappa shape index (κ3) is 2.16. The van der Waals surface area contributed by atoms with Gasteiger partial charge in [0.2, 0.25) is 0 Å². The lowest BCUT2D eigenvalue weighted by molar-refractivity contribution is -0.124. The van der Waals surface area contributed by atoms with Crippen LogP contribution in [-0.4, -0.2) is 21.1 Å². The molecule has 88 valence electrons. The number of hydrogen-bond acceptors (Lipinski definition) is 3. The number of aryl methyl sites for hydroxylation is 2. The number of nitrogens with zero attached hydrogens (tertiary/aromatic N) is 2. The van der Waals surface area contributed by atoms with Crippen LogP contribution in [0.2, 0.25) is 0 Å². The summed E-state index contributed by atoms with van der Waals surface area (Å²) in [6.07, 6.45) is 6.94. The summed E-state index contributed by atoms with van der Waals surface area (Å²) in [5, 5.41) is 4.08. The second kappa shape index (κ2) is 4.37. The molecule has 0 amide bonds. The Labute approximate surface area is 95.8 Å². The maximum atomic E-state index is 12.0. The predicted octanol–water partition coefficient (Wildman–Crippen LogP) is 1.19. The van der Waals surface area contributed by atoms with Crippen LogP contribution in [0.15, 0.2) is 12.3 Å². The molecule has 1 fully saturated rings. The van der Waals surface area contributed by atoms with E-state index in [1.165, 1.54) is 0 Å². The van der Waals surface area contributed by atoms with Crippen molar-refractivity contribution in [1.82, 2.24) is 9.78 Å². The average molecular weight is 221 g/mol. The van der Waals surface area contributed by atoms with Crippen LogP contribution >= 0.6 is 0 Å². The number of aromatic nitrogens is 2. The van der Waals surface area contributed by atoms with Gasteiger partial charge in [0.25, 0.3) is 0 Å². The van der Waals surface area contributed by atoms with E-state index < -0.39 is 5.54 Å². The van der Waals surface area contributed by atoms with Gasteiger partial charge in [-0.15, -0.1) is 0 Å². The summed E-state index contributed by atoms with van der Waals surface area (Å²) in [6.45, 7) is 0. The van der Waals surface area contributed by atoms with Crippen LogP contribution in [-0.2, 0) is 18.3 Å². The van der Waals surface area contributed by atoms with E-state index in [0.29, 0.717) is 6.42 Å². The Balaban J connectivity index is 1.91. The van der Waals surface area contributed by atoms with E-state index in [9.17, 15) is 4.79 Å². The Hall–Kier alpha value is -1.16. The van der Waals surface area contributed by atoms with Crippen molar-refractivity contribution in [3.05, 3.63) is 18.0 Å². The summed E-state index contributed by atoms with van der Waals surface area (Å²) in [5.74, 6) is 0.214. The Bertz CT molecular complexity index is 377. The maximum absolute atomic E-state index is 12.0. The molecule has 0 aliphatic heterocycles. The minimum atomic E-state index is -0.529. The first-order valence-electron chi connectivity index (χ1n) is 5.91. The van der Waals surface area contributed by atoms with Crippen molar-refractivity contribution in [1.29, 1.82) is 0 Å². The molecule has 16 heavy (non-hydrogen) atoms. The van der Waals surface area contributed by atoms with Crippen LogP contribution in [0, 0.1) is 0 Å². The molecule has 1 aliphatic carbocycles. The van der Waals surface area contributed by atoms with E-state index in [1.807, 2.05) is 17.8 Å². The Morgan fingerprint density at radius 3 is 2.81 bits per heavy atom. The van der Waals surface area contributed by atoms with E-state index in [0.717, 1.165) is 37.8 Å². The van der Waals surface area contributed by atoms with Crippen molar-refractivity contribution in [2.24, 2.45) is 12.8 Å². The number of carbonyl (C=O) groups is 1. The highest BCUT2D eigenvalue weighted by molar-refractivity contribution is 5.88. The van der Waals surface area contributed by atoms with Gasteiger partial charge in [0, 0.05) is 25.4 Å². The number of nitrogens with two attached hydrogens (primary N) is 1. The molecule has 1 aliphatic rings. The van der Waals surface area contributed by atoms with Crippen LogP contribution in [0.25, 0.3) is 0 Å². The molecule has 0 atom stereocenters. The zero-order valence-electron chi connectivity index (χ0n) is 9.78. The van der Waals surface area contributed by atoms with Crippen molar-refractivity contribution in [3.8, 4) is 0 Å². The van der Waals surface area contributed by atoms with E-state index in [2.05, 4.69) is 5.10 Å². The molecule has 1 aromatic heterocycles. The smallest absolute Gasteiger partial charge is 0.153 e. The number of rotatable bonds is 4. The van der Waals surface area contributed by atoms with Crippen LogP contribution in [0.5, 0.6) is 0 Å². The molecule has 2 N–H and O–H groups in total. The highest BCUT2D eigenvalue weighted by atomic mass is 16.1. The molecule has 0 unspecified atom stereocenters. The fourth-order valence-electron chi connectivity index (χ4n) is 2.42. The van der Waals surface area contributed by atoms with Gasteiger partial charge in [0.05, 0.1) is 5.54 Å². The number of carbonyl (C=O) groups excluding carboxylic acids is 1. The van der Waals surface area contributed by atoms with Crippen LogP contribution < -0.4 is 5.73 Å². The van der Waals surface area contributed by atoms with Gasteiger partial charge in [0.1, 0.15) is 0 Å². The normalized spacial score (nSPS) is 18.9. The van der Waals surface area contributed by atoms with Gasteiger partial charge in [-0.1, -0.05) is 12.8 Å². The number of hydrogen-bond donors (Lipinski definition) is 1. The highest BCUT2D eigenvalue weighted by Gasteiger charge is 2.35.